The van der Waals surface area contributed by atoms with Crippen molar-refractivity contribution in [1.82, 2.24) is 15.4 Å². The number of carbonyl (C=O) groups is 4. The van der Waals surface area contributed by atoms with Crippen LogP contribution in [0, 0.1) is 0 Å². The number of nitrogens with one attached hydrogen (secondary N) is 3. The molecule has 47 heavy (non-hydrogen) atoms. The highest BCUT2D eigenvalue weighted by Crippen LogP contribution is 2.29. The van der Waals surface area contributed by atoms with Crippen LogP contribution in [-0.2, 0) is 33.8 Å². The molecular formula is C34H41N3O9S. The predicted molar refractivity (Wildman–Crippen MR) is 174 cm³/mol. The van der Waals surface area contributed by atoms with Gasteiger partial charge in [-0.1, -0.05) is 60.7 Å². The highest BCUT2D eigenvalue weighted by atomic mass is 32.2. The van der Waals surface area contributed by atoms with Crippen LogP contribution >= 0.6 is 0 Å². The van der Waals surface area contributed by atoms with Crippen LogP contribution in [-0.4, -0.2) is 71.3 Å². The summed E-state index contributed by atoms with van der Waals surface area (Å²) >= 11 is 0. The van der Waals surface area contributed by atoms with E-state index in [0.717, 1.165) is 11.1 Å². The van der Waals surface area contributed by atoms with Gasteiger partial charge in [0.05, 0.1) is 31.3 Å². The van der Waals surface area contributed by atoms with E-state index in [1.54, 1.807) is 13.8 Å². The molecule has 0 saturated heterocycles. The van der Waals surface area contributed by atoms with Crippen LogP contribution in [0.2, 0.25) is 0 Å². The first kappa shape index (κ1) is 36.7. The summed E-state index contributed by atoms with van der Waals surface area (Å²) in [5.41, 5.74) is 1.80. The van der Waals surface area contributed by atoms with E-state index in [1.807, 2.05) is 60.7 Å². The van der Waals surface area contributed by atoms with Crippen LogP contribution < -0.4 is 15.4 Å². The molecule has 3 aromatic rings. The predicted octanol–water partition coefficient (Wildman–Crippen LogP) is 3.91. The van der Waals surface area contributed by atoms with Gasteiger partial charge in [0.1, 0.15) is 12.1 Å². The maximum Gasteiger partial charge on any atom is 0.407 e. The van der Waals surface area contributed by atoms with E-state index >= 15 is 0 Å². The van der Waals surface area contributed by atoms with Gasteiger partial charge in [-0.2, -0.15) is 4.72 Å². The maximum absolute atomic E-state index is 13.7. The van der Waals surface area contributed by atoms with Gasteiger partial charge in [0.25, 0.3) is 0 Å². The minimum absolute atomic E-state index is 0.0515. The molecule has 3 N–H and O–H groups in total. The second-order valence-electron chi connectivity index (χ2n) is 10.7. The van der Waals surface area contributed by atoms with Crippen molar-refractivity contribution in [3.63, 3.8) is 0 Å². The van der Waals surface area contributed by atoms with Gasteiger partial charge in [0.15, 0.2) is 0 Å². The molecule has 3 unspecified atom stereocenters. The molecule has 0 fully saturated rings. The van der Waals surface area contributed by atoms with Crippen LogP contribution in [0.4, 0.5) is 4.79 Å². The summed E-state index contributed by atoms with van der Waals surface area (Å²) < 4.78 is 43.2. The minimum atomic E-state index is -4.15. The first-order chi connectivity index (χ1) is 22.5. The standard InChI is InChI=1S/C34H41N3O9S/c1-5-46-33(40)28(37-47(42,43)27-21-19-26(20-22-27)32(39)44-3)18-12-13-23(2)35-31(38)30(36-34(41)45-4)29(24-14-8-6-9-15-24)25-16-10-7-11-17-25/h6-11,14-17,19-23,28-30,37H,5,12-13,18H2,1-4H3,(H,35,38)(H,36,41). The van der Waals surface area contributed by atoms with Crippen LogP contribution in [0.25, 0.3) is 0 Å². The van der Waals surface area contributed by atoms with Gasteiger partial charge in [0.2, 0.25) is 15.9 Å². The van der Waals surface area contributed by atoms with Crippen molar-refractivity contribution in [1.29, 1.82) is 0 Å². The van der Waals surface area contributed by atoms with Crippen molar-refractivity contribution < 1.29 is 41.8 Å². The molecule has 12 nitrogen and oxygen atoms in total. The van der Waals surface area contributed by atoms with Gasteiger partial charge in [0, 0.05) is 12.0 Å². The van der Waals surface area contributed by atoms with E-state index < -0.39 is 58.0 Å². The Hall–Kier alpha value is -4.75. The zero-order valence-corrected chi connectivity index (χ0v) is 27.6. The van der Waals surface area contributed by atoms with Gasteiger partial charge in [-0.3, -0.25) is 9.59 Å². The Morgan fingerprint density at radius 1 is 0.766 bits per heavy atom. The van der Waals surface area contributed by atoms with Crippen LogP contribution in [0.3, 0.4) is 0 Å². The maximum atomic E-state index is 13.7. The number of carbonyl (C=O) groups excluding carboxylic acids is 4. The molecule has 0 heterocycles. The summed E-state index contributed by atoms with van der Waals surface area (Å²) in [5.74, 6) is -2.34. The third kappa shape index (κ3) is 10.6. The summed E-state index contributed by atoms with van der Waals surface area (Å²) in [7, 11) is -1.72. The highest BCUT2D eigenvalue weighted by Gasteiger charge is 2.34. The third-order valence-corrected chi connectivity index (χ3v) is 8.85. The fourth-order valence-corrected chi connectivity index (χ4v) is 6.25. The second kappa shape index (κ2) is 17.8. The molecule has 0 aliphatic rings. The summed E-state index contributed by atoms with van der Waals surface area (Å²) in [6.07, 6.45) is 0.0341. The smallest absolute Gasteiger partial charge is 0.407 e. The van der Waals surface area contributed by atoms with Gasteiger partial charge in [-0.15, -0.1) is 0 Å². The average molecular weight is 668 g/mol. The topological polar surface area (TPSA) is 166 Å². The molecule has 252 valence electrons. The van der Waals surface area contributed by atoms with Gasteiger partial charge in [-0.05, 0) is 68.5 Å². The van der Waals surface area contributed by atoms with Gasteiger partial charge in [-0.25, -0.2) is 18.0 Å². The molecule has 0 spiro atoms. The number of alkyl carbamates (subject to hydrolysis) is 1. The molecule has 0 saturated carbocycles. The van der Waals surface area contributed by atoms with Crippen molar-refractivity contribution in [2.24, 2.45) is 0 Å². The van der Waals surface area contributed by atoms with E-state index in [1.165, 1.54) is 38.5 Å². The van der Waals surface area contributed by atoms with Crippen molar-refractivity contribution in [3.8, 4) is 0 Å². The van der Waals surface area contributed by atoms with Crippen LogP contribution in [0.15, 0.2) is 89.8 Å². The summed E-state index contributed by atoms with van der Waals surface area (Å²) in [4.78, 5) is 50.4. The lowest BCUT2D eigenvalue weighted by molar-refractivity contribution is -0.145. The lowest BCUT2D eigenvalue weighted by Crippen LogP contribution is -2.52. The van der Waals surface area contributed by atoms with Gasteiger partial charge < -0.3 is 24.8 Å². The van der Waals surface area contributed by atoms with E-state index in [0.29, 0.717) is 12.8 Å². The number of amides is 2. The van der Waals surface area contributed by atoms with E-state index in [4.69, 9.17) is 9.47 Å². The SMILES string of the molecule is CCOC(=O)C(CCCC(C)NC(=O)C(NC(=O)OC)C(c1ccccc1)c1ccccc1)NS(=O)(=O)c1ccc(C(=O)OC)cc1. The van der Waals surface area contributed by atoms with Gasteiger partial charge >= 0.3 is 18.0 Å². The Morgan fingerprint density at radius 3 is 1.85 bits per heavy atom. The van der Waals surface area contributed by atoms with E-state index in [9.17, 15) is 27.6 Å². The number of esters is 2. The quantitative estimate of drug-likeness (QED) is 0.152. The number of rotatable bonds is 16. The highest BCUT2D eigenvalue weighted by molar-refractivity contribution is 7.89. The average Bonchev–Trinajstić information content (AvgIpc) is 3.08. The number of sulfonamides is 1. The lowest BCUT2D eigenvalue weighted by atomic mass is 9.84. The Bertz CT molecular complexity index is 1540. The molecule has 3 rings (SSSR count). The normalized spacial score (nSPS) is 13.1. The fourth-order valence-electron chi connectivity index (χ4n) is 5.03. The molecule has 0 aliphatic carbocycles. The fraction of sp³-hybridized carbons (Fsp3) is 0.353. The van der Waals surface area contributed by atoms with Crippen molar-refractivity contribution in [2.45, 2.75) is 62.0 Å². The number of methoxy groups -OCH3 is 2. The Labute approximate surface area is 275 Å². The molecule has 0 aromatic heterocycles. The summed E-state index contributed by atoms with van der Waals surface area (Å²) in [6.45, 7) is 3.44. The molecule has 0 bridgehead atoms. The molecule has 0 aliphatic heterocycles. The van der Waals surface area contributed by atoms with Crippen molar-refractivity contribution in [2.75, 3.05) is 20.8 Å². The monoisotopic (exact) mass is 667 g/mol. The number of hydrogen-bond acceptors (Lipinski definition) is 9. The summed E-state index contributed by atoms with van der Waals surface area (Å²) in [5, 5.41) is 5.64. The third-order valence-electron chi connectivity index (χ3n) is 7.36. The van der Waals surface area contributed by atoms with Crippen molar-refractivity contribution in [3.05, 3.63) is 102 Å². The van der Waals surface area contributed by atoms with Crippen LogP contribution in [0.5, 0.6) is 0 Å². The first-order valence-electron chi connectivity index (χ1n) is 15.1. The Kier molecular flexibility index (Phi) is 13.9. The molecule has 3 atom stereocenters. The molecule has 0 radical (unpaired) electrons. The van der Waals surface area contributed by atoms with Crippen molar-refractivity contribution >= 4 is 34.0 Å². The minimum Gasteiger partial charge on any atom is -0.465 e. The Balaban J connectivity index is 1.72. The number of benzene rings is 3. The number of ether oxygens (including phenoxy) is 3. The van der Waals surface area contributed by atoms with E-state index in [2.05, 4.69) is 20.1 Å². The zero-order chi connectivity index (χ0) is 34.4. The molecule has 2 amide bonds. The Morgan fingerprint density at radius 2 is 1.34 bits per heavy atom. The first-order valence-corrected chi connectivity index (χ1v) is 16.6. The largest absolute Gasteiger partial charge is 0.465 e. The number of hydrogen-bond donors (Lipinski definition) is 3. The van der Waals surface area contributed by atoms with E-state index in [-0.39, 0.29) is 23.5 Å². The molecule has 13 heteroatoms. The zero-order valence-electron chi connectivity index (χ0n) is 26.8. The lowest BCUT2D eigenvalue weighted by Gasteiger charge is -2.29. The molecule has 3 aromatic carbocycles. The second-order valence-corrected chi connectivity index (χ2v) is 12.4. The van der Waals surface area contributed by atoms with Crippen LogP contribution in [0.1, 0.15) is 60.5 Å². The summed E-state index contributed by atoms with van der Waals surface area (Å²) in [6, 6.07) is 21.1. The molecular weight excluding hydrogens is 626 g/mol.